The molecule has 176 valence electrons. The van der Waals surface area contributed by atoms with Crippen molar-refractivity contribution in [2.75, 3.05) is 31.1 Å². The lowest BCUT2D eigenvalue weighted by Gasteiger charge is -2.43. The third-order valence-electron chi connectivity index (χ3n) is 5.88. The first-order valence-corrected chi connectivity index (χ1v) is 11.6. The van der Waals surface area contributed by atoms with Crippen LogP contribution in [0, 0.1) is 0 Å². The molecule has 4 rings (SSSR count). The third kappa shape index (κ3) is 4.75. The number of amidine groups is 1. The molecule has 1 aliphatic rings. The molecule has 0 saturated carbocycles. The molecule has 1 saturated heterocycles. The van der Waals surface area contributed by atoms with Crippen molar-refractivity contribution in [2.45, 2.75) is 32.4 Å². The smallest absolute Gasteiger partial charge is 0.164 e. The molecule has 1 aromatic carbocycles. The largest absolute Gasteiger partial charge is 0.459 e. The summed E-state index contributed by atoms with van der Waals surface area (Å²) in [5, 5.41) is 7.84. The van der Waals surface area contributed by atoms with Gasteiger partial charge in [0, 0.05) is 49.5 Å². The Morgan fingerprint density at radius 1 is 1.12 bits per heavy atom. The number of hydrazine groups is 1. The van der Waals surface area contributed by atoms with E-state index < -0.39 is 0 Å². The predicted octanol–water partition coefficient (Wildman–Crippen LogP) is 4.24. The zero-order chi connectivity index (χ0) is 23.8. The predicted molar refractivity (Wildman–Crippen MR) is 134 cm³/mol. The number of furan rings is 1. The van der Waals surface area contributed by atoms with Crippen molar-refractivity contribution in [3.05, 3.63) is 58.5 Å². The van der Waals surface area contributed by atoms with Crippen LogP contribution in [0.15, 0.2) is 52.2 Å². The summed E-state index contributed by atoms with van der Waals surface area (Å²) in [4.78, 5) is 8.50. The molecule has 4 N–H and O–H groups in total. The number of aromatic nitrogens is 1. The van der Waals surface area contributed by atoms with Crippen LogP contribution in [0.5, 0.6) is 0 Å². The number of piperazine rings is 1. The standard InChI is InChI=1S/C23H29Cl2N7O/c1-23(2,3)32(27)22(29-26)21(19-12-15-6-4-5-7-18(15)33-19)31-10-8-30(9-11-31)20-16(24)13-28-14-17(20)25/h4-7,12-14,21H,8-11,26-27H2,1-3H3/b29-22-. The van der Waals surface area contributed by atoms with Crippen LogP contribution in [0.2, 0.25) is 10.0 Å². The second kappa shape index (κ2) is 9.38. The number of halogens is 2. The molecule has 0 spiro atoms. The van der Waals surface area contributed by atoms with Gasteiger partial charge >= 0.3 is 0 Å². The highest BCUT2D eigenvalue weighted by molar-refractivity contribution is 6.38. The van der Waals surface area contributed by atoms with E-state index in [0.29, 0.717) is 42.1 Å². The number of benzene rings is 1. The molecule has 3 heterocycles. The Morgan fingerprint density at radius 2 is 1.76 bits per heavy atom. The number of nitrogens with zero attached hydrogens (tertiary/aromatic N) is 5. The maximum absolute atomic E-state index is 6.50. The molecule has 1 fully saturated rings. The molecular weight excluding hydrogens is 461 g/mol. The molecule has 1 atom stereocenters. The second-order valence-corrected chi connectivity index (χ2v) is 9.91. The Bertz CT molecular complexity index is 1100. The SMILES string of the molecule is CC(C)(C)N(N)/C(=N\N)C(c1cc2ccccc2o1)N1CCN(c2c(Cl)cncc2Cl)CC1. The number of hydrazone groups is 1. The maximum atomic E-state index is 6.50. The van der Waals surface area contributed by atoms with E-state index in [1.165, 1.54) is 0 Å². The van der Waals surface area contributed by atoms with Crippen molar-refractivity contribution in [3.8, 4) is 0 Å². The minimum atomic E-state index is -0.387. The van der Waals surface area contributed by atoms with E-state index in [2.05, 4.69) is 19.9 Å². The highest BCUT2D eigenvalue weighted by atomic mass is 35.5. The van der Waals surface area contributed by atoms with Gasteiger partial charge in [0.25, 0.3) is 0 Å². The summed E-state index contributed by atoms with van der Waals surface area (Å²) in [7, 11) is 0. The number of fused-ring (bicyclic) bond motifs is 1. The second-order valence-electron chi connectivity index (χ2n) is 9.09. The number of anilines is 1. The number of nitrogens with two attached hydrogens (primary N) is 2. The maximum Gasteiger partial charge on any atom is 0.164 e. The monoisotopic (exact) mass is 489 g/mol. The van der Waals surface area contributed by atoms with Crippen molar-refractivity contribution in [1.82, 2.24) is 14.9 Å². The van der Waals surface area contributed by atoms with Gasteiger partial charge in [0.2, 0.25) is 0 Å². The van der Waals surface area contributed by atoms with Gasteiger partial charge in [0.05, 0.1) is 15.7 Å². The van der Waals surface area contributed by atoms with E-state index in [0.717, 1.165) is 22.4 Å². The van der Waals surface area contributed by atoms with E-state index >= 15 is 0 Å². The summed E-state index contributed by atoms with van der Waals surface area (Å²) in [5.41, 5.74) is 1.22. The van der Waals surface area contributed by atoms with Crippen LogP contribution in [0.1, 0.15) is 32.6 Å². The van der Waals surface area contributed by atoms with Crippen LogP contribution < -0.4 is 16.6 Å². The molecule has 33 heavy (non-hydrogen) atoms. The lowest BCUT2D eigenvalue weighted by atomic mass is 10.0. The fourth-order valence-corrected chi connectivity index (χ4v) is 4.73. The summed E-state index contributed by atoms with van der Waals surface area (Å²) in [6.07, 6.45) is 3.22. The Kier molecular flexibility index (Phi) is 6.72. The van der Waals surface area contributed by atoms with Gasteiger partial charge < -0.3 is 15.2 Å². The van der Waals surface area contributed by atoms with Crippen LogP contribution in [0.4, 0.5) is 5.69 Å². The van der Waals surface area contributed by atoms with E-state index in [-0.39, 0.29) is 11.6 Å². The zero-order valence-corrected chi connectivity index (χ0v) is 20.5. The number of hydrogen-bond donors (Lipinski definition) is 2. The van der Waals surface area contributed by atoms with Gasteiger partial charge in [-0.3, -0.25) is 14.9 Å². The van der Waals surface area contributed by atoms with Crippen LogP contribution in [-0.4, -0.2) is 52.4 Å². The molecule has 0 radical (unpaired) electrons. The number of para-hydroxylation sites is 1. The summed E-state index contributed by atoms with van der Waals surface area (Å²) < 4.78 is 6.25. The zero-order valence-electron chi connectivity index (χ0n) is 19.0. The molecule has 1 aliphatic heterocycles. The minimum absolute atomic E-state index is 0.350. The number of hydrogen-bond acceptors (Lipinski definition) is 7. The molecular formula is C23H29Cl2N7O. The molecule has 10 heteroatoms. The topological polar surface area (TPSA) is 100 Å². The molecule has 3 aromatic rings. The van der Waals surface area contributed by atoms with Crippen molar-refractivity contribution in [3.63, 3.8) is 0 Å². The van der Waals surface area contributed by atoms with Crippen molar-refractivity contribution in [2.24, 2.45) is 16.8 Å². The van der Waals surface area contributed by atoms with E-state index in [1.807, 2.05) is 51.1 Å². The van der Waals surface area contributed by atoms with E-state index in [4.69, 9.17) is 39.3 Å². The van der Waals surface area contributed by atoms with Crippen LogP contribution in [0.25, 0.3) is 11.0 Å². The van der Waals surface area contributed by atoms with Gasteiger partial charge in [-0.15, -0.1) is 0 Å². The summed E-state index contributed by atoms with van der Waals surface area (Å²) >= 11 is 12.8. The third-order valence-corrected chi connectivity index (χ3v) is 6.44. The van der Waals surface area contributed by atoms with Crippen molar-refractivity contribution >= 4 is 45.7 Å². The number of pyridine rings is 1. The fraction of sp³-hybridized carbons (Fsp3) is 0.391. The molecule has 0 aliphatic carbocycles. The first-order chi connectivity index (χ1) is 15.7. The van der Waals surface area contributed by atoms with Crippen LogP contribution in [0.3, 0.4) is 0 Å². The van der Waals surface area contributed by atoms with Gasteiger partial charge in [-0.05, 0) is 32.9 Å². The normalized spacial score (nSPS) is 16.9. The first kappa shape index (κ1) is 23.6. The lowest BCUT2D eigenvalue weighted by Crippen LogP contribution is -2.57. The Balaban J connectivity index is 1.67. The van der Waals surface area contributed by atoms with Gasteiger partial charge in [0.15, 0.2) is 5.84 Å². The quantitative estimate of drug-likeness (QED) is 0.244. The first-order valence-electron chi connectivity index (χ1n) is 10.8. The molecule has 1 unspecified atom stereocenters. The highest BCUT2D eigenvalue weighted by Gasteiger charge is 2.37. The van der Waals surface area contributed by atoms with E-state index in [9.17, 15) is 0 Å². The van der Waals surface area contributed by atoms with Gasteiger partial charge in [-0.2, -0.15) is 5.10 Å². The Morgan fingerprint density at radius 3 is 2.33 bits per heavy atom. The van der Waals surface area contributed by atoms with Crippen molar-refractivity contribution < 1.29 is 4.42 Å². The van der Waals surface area contributed by atoms with Gasteiger partial charge in [-0.25, -0.2) is 5.84 Å². The molecule has 0 bridgehead atoms. The summed E-state index contributed by atoms with van der Waals surface area (Å²) in [5.74, 6) is 13.7. The average molecular weight is 490 g/mol. The van der Waals surface area contributed by atoms with Crippen molar-refractivity contribution in [1.29, 1.82) is 0 Å². The molecule has 8 nitrogen and oxygen atoms in total. The highest BCUT2D eigenvalue weighted by Crippen LogP contribution is 2.35. The lowest BCUT2D eigenvalue weighted by molar-refractivity contribution is 0.171. The summed E-state index contributed by atoms with van der Waals surface area (Å²) in [6, 6.07) is 9.59. The summed E-state index contributed by atoms with van der Waals surface area (Å²) in [6.45, 7) is 8.86. The molecule has 0 amide bonds. The Labute approximate surface area is 203 Å². The average Bonchev–Trinajstić information content (AvgIpc) is 3.20. The van der Waals surface area contributed by atoms with E-state index in [1.54, 1.807) is 17.4 Å². The number of rotatable bonds is 4. The minimum Gasteiger partial charge on any atom is -0.459 e. The Hall–Kier alpha value is -2.52. The van der Waals surface area contributed by atoms with Crippen LogP contribution in [-0.2, 0) is 0 Å². The molecule has 2 aromatic heterocycles. The fourth-order valence-electron chi connectivity index (χ4n) is 4.13. The van der Waals surface area contributed by atoms with Gasteiger partial charge in [0.1, 0.15) is 17.4 Å². The van der Waals surface area contributed by atoms with Crippen LogP contribution >= 0.6 is 23.2 Å². The van der Waals surface area contributed by atoms with Gasteiger partial charge in [-0.1, -0.05) is 41.4 Å².